The molecule has 0 bridgehead atoms. The van der Waals surface area contributed by atoms with Gasteiger partial charge in [0.1, 0.15) is 0 Å². The summed E-state index contributed by atoms with van der Waals surface area (Å²) in [7, 11) is -3.91. The largest absolute Gasteiger partial charge is 0.394 e. The van der Waals surface area contributed by atoms with Gasteiger partial charge in [-0.1, -0.05) is 0 Å². The molecule has 1 amide bonds. The fourth-order valence-electron chi connectivity index (χ4n) is 2.06. The number of benzene rings is 1. The van der Waals surface area contributed by atoms with E-state index in [1.807, 2.05) is 0 Å². The van der Waals surface area contributed by atoms with Gasteiger partial charge in [-0.25, -0.2) is 13.1 Å². The van der Waals surface area contributed by atoms with Crippen LogP contribution in [0.15, 0.2) is 23.1 Å². The first-order chi connectivity index (χ1) is 9.72. The summed E-state index contributed by atoms with van der Waals surface area (Å²) in [6, 6.07) is 4.32. The van der Waals surface area contributed by atoms with E-state index in [-0.39, 0.29) is 10.8 Å². The highest BCUT2D eigenvalue weighted by molar-refractivity contribution is 7.89. The Hall–Kier alpha value is -1.48. The third-order valence-corrected chi connectivity index (χ3v) is 5.17. The van der Waals surface area contributed by atoms with Crippen molar-refractivity contribution in [2.45, 2.75) is 30.2 Å². The number of sulfonamides is 1. The highest BCUT2D eigenvalue weighted by Gasteiger charge is 2.32. The van der Waals surface area contributed by atoms with Crippen LogP contribution < -0.4 is 10.0 Å². The Morgan fingerprint density at radius 1 is 1.33 bits per heavy atom. The number of amides is 1. The van der Waals surface area contributed by atoms with Crippen molar-refractivity contribution >= 4 is 21.6 Å². The van der Waals surface area contributed by atoms with Crippen LogP contribution in [0.25, 0.3) is 0 Å². The zero-order valence-electron chi connectivity index (χ0n) is 11.8. The lowest BCUT2D eigenvalue weighted by atomic mass is 10.0. The normalized spacial score (nSPS) is 18.5. The number of anilines is 1. The van der Waals surface area contributed by atoms with Crippen molar-refractivity contribution in [3.05, 3.63) is 23.8 Å². The molecule has 0 saturated carbocycles. The third-order valence-electron chi connectivity index (χ3n) is 3.53. The highest BCUT2D eigenvalue weighted by Crippen LogP contribution is 2.33. The van der Waals surface area contributed by atoms with Crippen LogP contribution in [0.3, 0.4) is 0 Å². The Morgan fingerprint density at radius 2 is 1.95 bits per heavy atom. The summed E-state index contributed by atoms with van der Waals surface area (Å²) in [5.74, 6) is -0.597. The SMILES string of the molecule is CC1C(=O)Nc2ccc(S(=O)(=O)NC(C)(CO)CO)cc21. The van der Waals surface area contributed by atoms with E-state index in [0.29, 0.717) is 11.3 Å². The Kier molecular flexibility index (Phi) is 4.07. The Morgan fingerprint density at radius 3 is 2.52 bits per heavy atom. The molecule has 7 nitrogen and oxygen atoms in total. The van der Waals surface area contributed by atoms with Gasteiger partial charge in [-0.3, -0.25) is 4.79 Å². The predicted molar refractivity (Wildman–Crippen MR) is 76.4 cm³/mol. The van der Waals surface area contributed by atoms with E-state index in [4.69, 9.17) is 0 Å². The zero-order valence-corrected chi connectivity index (χ0v) is 12.6. The molecule has 0 spiro atoms. The average molecular weight is 314 g/mol. The molecule has 0 radical (unpaired) electrons. The van der Waals surface area contributed by atoms with E-state index in [9.17, 15) is 23.4 Å². The number of aliphatic hydroxyl groups is 2. The van der Waals surface area contributed by atoms with Crippen molar-refractivity contribution in [2.75, 3.05) is 18.5 Å². The van der Waals surface area contributed by atoms with Crippen LogP contribution in [0.2, 0.25) is 0 Å². The zero-order chi connectivity index (χ0) is 15.8. The second kappa shape index (κ2) is 5.38. The number of carbonyl (C=O) groups excluding carboxylic acids is 1. The fourth-order valence-corrected chi connectivity index (χ4v) is 3.49. The Bertz CT molecular complexity index is 667. The van der Waals surface area contributed by atoms with Gasteiger partial charge in [0.15, 0.2) is 0 Å². The first kappa shape index (κ1) is 15.9. The van der Waals surface area contributed by atoms with Gasteiger partial charge in [0, 0.05) is 5.69 Å². The van der Waals surface area contributed by atoms with Crippen molar-refractivity contribution < 1.29 is 23.4 Å². The molecule has 8 heteroatoms. The van der Waals surface area contributed by atoms with Crippen LogP contribution in [0.5, 0.6) is 0 Å². The average Bonchev–Trinajstić information content (AvgIpc) is 2.73. The number of hydrogen-bond donors (Lipinski definition) is 4. The molecule has 0 aromatic heterocycles. The van der Waals surface area contributed by atoms with Crippen molar-refractivity contribution in [3.8, 4) is 0 Å². The number of nitrogens with one attached hydrogen (secondary N) is 2. The molecule has 0 aliphatic carbocycles. The standard InChI is InChI=1S/C13H18N2O5S/c1-8-10-5-9(3-4-11(10)14-12(8)18)21(19,20)15-13(2,6-16)7-17/h3-5,8,15-17H,6-7H2,1-2H3,(H,14,18). The van der Waals surface area contributed by atoms with E-state index < -0.39 is 34.7 Å². The summed E-state index contributed by atoms with van der Waals surface area (Å²) in [5, 5.41) is 21.0. The van der Waals surface area contributed by atoms with Crippen LogP contribution in [-0.4, -0.2) is 43.3 Å². The van der Waals surface area contributed by atoms with Gasteiger partial charge in [-0.05, 0) is 37.6 Å². The van der Waals surface area contributed by atoms with Crippen LogP contribution in [0.1, 0.15) is 25.3 Å². The first-order valence-electron chi connectivity index (χ1n) is 6.43. The smallest absolute Gasteiger partial charge is 0.241 e. The van der Waals surface area contributed by atoms with Crippen LogP contribution >= 0.6 is 0 Å². The van der Waals surface area contributed by atoms with Crippen molar-refractivity contribution in [2.24, 2.45) is 0 Å². The summed E-state index contributed by atoms with van der Waals surface area (Å²) in [5.41, 5.74) is -0.145. The lowest BCUT2D eigenvalue weighted by Crippen LogP contribution is -2.51. The minimum atomic E-state index is -3.91. The molecule has 21 heavy (non-hydrogen) atoms. The quantitative estimate of drug-likeness (QED) is 0.599. The van der Waals surface area contributed by atoms with E-state index >= 15 is 0 Å². The van der Waals surface area contributed by atoms with Crippen LogP contribution in [0, 0.1) is 0 Å². The number of aliphatic hydroxyl groups excluding tert-OH is 2. The Balaban J connectivity index is 2.37. The molecule has 2 rings (SSSR count). The molecular formula is C13H18N2O5S. The molecule has 1 atom stereocenters. The summed E-state index contributed by atoms with van der Waals surface area (Å²) in [4.78, 5) is 11.6. The van der Waals surface area contributed by atoms with Gasteiger partial charge >= 0.3 is 0 Å². The molecule has 1 unspecified atom stereocenters. The summed E-state index contributed by atoms with van der Waals surface area (Å²) in [6.07, 6.45) is 0. The Labute approximate surface area is 123 Å². The molecule has 1 aliphatic rings. The fraction of sp³-hybridized carbons (Fsp3) is 0.462. The summed E-state index contributed by atoms with van der Waals surface area (Å²) < 4.78 is 26.9. The topological polar surface area (TPSA) is 116 Å². The van der Waals surface area contributed by atoms with Gasteiger partial charge in [0.25, 0.3) is 0 Å². The summed E-state index contributed by atoms with van der Waals surface area (Å²) >= 11 is 0. The molecule has 1 aromatic carbocycles. The van der Waals surface area contributed by atoms with Crippen molar-refractivity contribution in [1.82, 2.24) is 4.72 Å². The maximum Gasteiger partial charge on any atom is 0.241 e. The summed E-state index contributed by atoms with van der Waals surface area (Å²) in [6.45, 7) is 2.01. The van der Waals surface area contributed by atoms with Gasteiger partial charge in [-0.15, -0.1) is 0 Å². The number of hydrogen-bond acceptors (Lipinski definition) is 5. The first-order valence-corrected chi connectivity index (χ1v) is 7.91. The molecule has 4 N–H and O–H groups in total. The minimum absolute atomic E-state index is 0.0160. The van der Waals surface area contributed by atoms with E-state index in [1.54, 1.807) is 6.92 Å². The lowest BCUT2D eigenvalue weighted by Gasteiger charge is -2.25. The molecule has 1 aromatic rings. The minimum Gasteiger partial charge on any atom is -0.394 e. The monoisotopic (exact) mass is 314 g/mol. The maximum atomic E-state index is 12.3. The van der Waals surface area contributed by atoms with E-state index in [0.717, 1.165) is 0 Å². The molecule has 116 valence electrons. The highest BCUT2D eigenvalue weighted by atomic mass is 32.2. The van der Waals surface area contributed by atoms with E-state index in [1.165, 1.54) is 25.1 Å². The molecule has 0 fully saturated rings. The third kappa shape index (κ3) is 2.93. The van der Waals surface area contributed by atoms with Crippen molar-refractivity contribution in [1.29, 1.82) is 0 Å². The molecule has 1 aliphatic heterocycles. The second-order valence-corrected chi connectivity index (χ2v) is 7.12. The van der Waals surface area contributed by atoms with Gasteiger partial charge in [-0.2, -0.15) is 0 Å². The lowest BCUT2D eigenvalue weighted by molar-refractivity contribution is -0.116. The van der Waals surface area contributed by atoms with E-state index in [2.05, 4.69) is 10.0 Å². The number of rotatable bonds is 5. The predicted octanol–water partition coefficient (Wildman–Crippen LogP) is -0.236. The molecular weight excluding hydrogens is 296 g/mol. The second-order valence-electron chi connectivity index (χ2n) is 5.44. The van der Waals surface area contributed by atoms with Gasteiger partial charge in [0.2, 0.25) is 15.9 Å². The number of fused-ring (bicyclic) bond motifs is 1. The van der Waals surface area contributed by atoms with Crippen LogP contribution in [-0.2, 0) is 14.8 Å². The van der Waals surface area contributed by atoms with Gasteiger partial charge < -0.3 is 15.5 Å². The number of carbonyl (C=O) groups is 1. The van der Waals surface area contributed by atoms with Crippen molar-refractivity contribution in [3.63, 3.8) is 0 Å². The molecule has 0 saturated heterocycles. The maximum absolute atomic E-state index is 12.3. The van der Waals surface area contributed by atoms with Crippen LogP contribution in [0.4, 0.5) is 5.69 Å². The molecule has 1 heterocycles. The van der Waals surface area contributed by atoms with Gasteiger partial charge in [0.05, 0.1) is 29.6 Å².